The van der Waals surface area contributed by atoms with Crippen molar-refractivity contribution in [1.82, 2.24) is 35.1 Å². The lowest BCUT2D eigenvalue weighted by molar-refractivity contribution is -0.192. The van der Waals surface area contributed by atoms with Crippen LogP contribution in [0.25, 0.3) is 22.6 Å². The number of pyridine rings is 1. The normalized spacial score (nSPS) is 13.1. The molecule has 0 unspecified atom stereocenters. The minimum atomic E-state index is -5.08. The molecule has 1 aliphatic rings. The van der Waals surface area contributed by atoms with E-state index in [1.165, 1.54) is 0 Å². The SMILES string of the molecule is COCCn1c(-c2nonc2N)nc2cnc(Oc3cccc(C(=O)NCCCN4CCCC4=O)c3)cc21.O=C(O)C(F)(F)F. The van der Waals surface area contributed by atoms with Crippen LogP contribution in [0.4, 0.5) is 19.0 Å². The number of anilines is 1. The summed E-state index contributed by atoms with van der Waals surface area (Å²) in [4.78, 5) is 44.1. The van der Waals surface area contributed by atoms with Gasteiger partial charge in [-0.05, 0) is 41.4 Å². The van der Waals surface area contributed by atoms with Gasteiger partial charge < -0.3 is 35.1 Å². The molecule has 15 nitrogen and oxygen atoms in total. The van der Waals surface area contributed by atoms with Crippen molar-refractivity contribution < 1.29 is 46.8 Å². The van der Waals surface area contributed by atoms with Crippen molar-refractivity contribution in [3.63, 3.8) is 0 Å². The van der Waals surface area contributed by atoms with Gasteiger partial charge in [0.15, 0.2) is 17.3 Å². The van der Waals surface area contributed by atoms with Crippen molar-refractivity contribution in [3.05, 3.63) is 42.1 Å². The predicted molar refractivity (Wildman–Crippen MR) is 150 cm³/mol. The Bertz CT molecular complexity index is 1660. The van der Waals surface area contributed by atoms with Crippen LogP contribution >= 0.6 is 0 Å². The number of hydrogen-bond donors (Lipinski definition) is 3. The Morgan fingerprint density at radius 1 is 1.20 bits per heavy atom. The van der Waals surface area contributed by atoms with Gasteiger partial charge in [-0.3, -0.25) is 9.59 Å². The third kappa shape index (κ3) is 8.43. The number of rotatable bonds is 11. The smallest absolute Gasteiger partial charge is 0.475 e. The first kappa shape index (κ1) is 32.6. The number of methoxy groups -OCH3 is 1. The number of amides is 2. The zero-order chi connectivity index (χ0) is 32.6. The second-order valence-electron chi connectivity index (χ2n) is 9.62. The number of aliphatic carboxylic acids is 1. The standard InChI is InChI=1S/C25H28N8O5.C2HF3O2/c1-36-12-11-33-19-14-20(28-15-18(19)29-24(33)22-23(26)31-38-30-22)37-17-6-2-5-16(13-17)25(35)27-8-4-10-32-9-3-7-21(32)34;3-2(4,5)1(6)7/h2,5-6,13-15H,3-4,7-12H2,1H3,(H2,26,31)(H,27,35);(H,6,7). The largest absolute Gasteiger partial charge is 0.490 e. The molecule has 1 fully saturated rings. The highest BCUT2D eigenvalue weighted by molar-refractivity contribution is 5.94. The number of carboxylic acid groups (broad SMARTS) is 1. The number of alkyl halides is 3. The van der Waals surface area contributed by atoms with Crippen molar-refractivity contribution >= 4 is 34.6 Å². The highest BCUT2D eigenvalue weighted by Crippen LogP contribution is 2.29. The summed E-state index contributed by atoms with van der Waals surface area (Å²) >= 11 is 0. The molecule has 4 heterocycles. The van der Waals surface area contributed by atoms with E-state index in [0.717, 1.165) is 18.5 Å². The van der Waals surface area contributed by atoms with E-state index >= 15 is 0 Å². The van der Waals surface area contributed by atoms with Crippen molar-refractivity contribution in [2.45, 2.75) is 32.0 Å². The Morgan fingerprint density at radius 3 is 2.62 bits per heavy atom. The molecular weight excluding hydrogens is 605 g/mol. The number of halogens is 3. The maximum Gasteiger partial charge on any atom is 0.490 e. The maximum absolute atomic E-state index is 12.7. The van der Waals surface area contributed by atoms with E-state index in [9.17, 15) is 22.8 Å². The molecule has 3 aromatic heterocycles. The van der Waals surface area contributed by atoms with Crippen LogP contribution < -0.4 is 15.8 Å². The highest BCUT2D eigenvalue weighted by atomic mass is 19.4. The molecule has 4 aromatic rings. The number of nitrogens with one attached hydrogen (secondary N) is 1. The quantitative estimate of drug-likeness (QED) is 0.204. The number of fused-ring (bicyclic) bond motifs is 1. The molecular formula is C27H29F3N8O7. The zero-order valence-corrected chi connectivity index (χ0v) is 23.9. The van der Waals surface area contributed by atoms with Crippen LogP contribution in [0.5, 0.6) is 11.6 Å². The molecule has 5 rings (SSSR count). The molecule has 1 aliphatic heterocycles. The van der Waals surface area contributed by atoms with Crippen molar-refractivity contribution in [2.24, 2.45) is 0 Å². The van der Waals surface area contributed by atoms with Crippen LogP contribution in [-0.2, 0) is 20.9 Å². The molecule has 0 aliphatic carbocycles. The maximum atomic E-state index is 12.7. The van der Waals surface area contributed by atoms with Gasteiger partial charge in [0, 0.05) is 51.3 Å². The minimum absolute atomic E-state index is 0.128. The summed E-state index contributed by atoms with van der Waals surface area (Å²) in [5.74, 6) is -1.40. The number of ether oxygens (including phenoxy) is 2. The molecule has 0 spiro atoms. The van der Waals surface area contributed by atoms with E-state index in [1.54, 1.807) is 43.6 Å². The Labute approximate surface area is 253 Å². The Balaban J connectivity index is 0.000000591. The molecule has 4 N–H and O–H groups in total. The minimum Gasteiger partial charge on any atom is -0.475 e. The molecule has 0 bridgehead atoms. The fourth-order valence-corrected chi connectivity index (χ4v) is 4.34. The molecule has 0 saturated carbocycles. The second-order valence-corrected chi connectivity index (χ2v) is 9.62. The van der Waals surface area contributed by atoms with Gasteiger partial charge in [0.25, 0.3) is 5.91 Å². The average Bonchev–Trinajstić information content (AvgIpc) is 3.71. The predicted octanol–water partition coefficient (Wildman–Crippen LogP) is 2.88. The average molecular weight is 635 g/mol. The molecule has 18 heteroatoms. The molecule has 45 heavy (non-hydrogen) atoms. The summed E-state index contributed by atoms with van der Waals surface area (Å²) in [6.45, 7) is 2.82. The number of benzene rings is 1. The van der Waals surface area contributed by atoms with Crippen molar-refractivity contribution in [3.8, 4) is 23.1 Å². The number of nitrogens with two attached hydrogens (primary N) is 1. The van der Waals surface area contributed by atoms with Crippen LogP contribution in [0.3, 0.4) is 0 Å². The Kier molecular flexibility index (Phi) is 10.5. The third-order valence-corrected chi connectivity index (χ3v) is 6.48. The first-order valence-corrected chi connectivity index (χ1v) is 13.6. The molecule has 1 saturated heterocycles. The lowest BCUT2D eigenvalue weighted by Crippen LogP contribution is -2.30. The Morgan fingerprint density at radius 2 is 1.98 bits per heavy atom. The molecule has 0 radical (unpaired) electrons. The van der Waals surface area contributed by atoms with E-state index in [4.69, 9.17) is 29.7 Å². The number of aromatic nitrogens is 5. The van der Waals surface area contributed by atoms with Gasteiger partial charge in [0.1, 0.15) is 11.3 Å². The summed E-state index contributed by atoms with van der Waals surface area (Å²) < 4.78 is 49.6. The first-order valence-electron chi connectivity index (χ1n) is 13.6. The monoisotopic (exact) mass is 634 g/mol. The number of carbonyl (C=O) groups excluding carboxylic acids is 2. The summed E-state index contributed by atoms with van der Waals surface area (Å²) in [6, 6.07) is 8.60. The third-order valence-electron chi connectivity index (χ3n) is 6.48. The van der Waals surface area contributed by atoms with E-state index in [2.05, 4.69) is 25.6 Å². The number of hydrogen-bond acceptors (Lipinski definition) is 11. The summed E-state index contributed by atoms with van der Waals surface area (Å²) in [7, 11) is 1.61. The highest BCUT2D eigenvalue weighted by Gasteiger charge is 2.38. The van der Waals surface area contributed by atoms with Gasteiger partial charge in [-0.15, -0.1) is 0 Å². The van der Waals surface area contributed by atoms with Crippen LogP contribution in [0.2, 0.25) is 0 Å². The lowest BCUT2D eigenvalue weighted by Gasteiger charge is -2.15. The molecule has 1 aromatic carbocycles. The lowest BCUT2D eigenvalue weighted by atomic mass is 10.2. The van der Waals surface area contributed by atoms with E-state index in [-0.39, 0.29) is 17.6 Å². The first-order chi connectivity index (χ1) is 21.5. The fourth-order valence-electron chi connectivity index (χ4n) is 4.34. The van der Waals surface area contributed by atoms with E-state index in [0.29, 0.717) is 73.3 Å². The summed E-state index contributed by atoms with van der Waals surface area (Å²) in [5.41, 5.74) is 8.02. The number of nitrogens with zero attached hydrogens (tertiary/aromatic N) is 6. The number of nitrogen functional groups attached to an aromatic ring is 1. The van der Waals surface area contributed by atoms with Gasteiger partial charge in [-0.1, -0.05) is 6.07 Å². The van der Waals surface area contributed by atoms with Gasteiger partial charge in [0.05, 0.1) is 18.3 Å². The van der Waals surface area contributed by atoms with Crippen LogP contribution in [0, 0.1) is 0 Å². The van der Waals surface area contributed by atoms with Crippen LogP contribution in [0.15, 0.2) is 41.2 Å². The zero-order valence-electron chi connectivity index (χ0n) is 23.9. The van der Waals surface area contributed by atoms with Gasteiger partial charge in [-0.25, -0.2) is 19.4 Å². The van der Waals surface area contributed by atoms with Gasteiger partial charge >= 0.3 is 12.1 Å². The van der Waals surface area contributed by atoms with E-state index < -0.39 is 12.1 Å². The van der Waals surface area contributed by atoms with Crippen LogP contribution in [0.1, 0.15) is 29.6 Å². The number of likely N-dealkylation sites (tertiary alicyclic amines) is 1. The van der Waals surface area contributed by atoms with E-state index in [1.807, 2.05) is 9.47 Å². The summed E-state index contributed by atoms with van der Waals surface area (Å²) in [5, 5.41) is 17.5. The van der Waals surface area contributed by atoms with Crippen molar-refractivity contribution in [1.29, 1.82) is 0 Å². The summed E-state index contributed by atoms with van der Waals surface area (Å²) in [6.07, 6.45) is -1.27. The molecule has 240 valence electrons. The van der Waals surface area contributed by atoms with Crippen LogP contribution in [-0.4, -0.2) is 92.2 Å². The number of carbonyl (C=O) groups is 3. The Hall–Kier alpha value is -5.26. The number of carboxylic acids is 1. The topological polar surface area (TPSA) is 201 Å². The fraction of sp³-hybridized carbons (Fsp3) is 0.370. The van der Waals surface area contributed by atoms with Gasteiger partial charge in [-0.2, -0.15) is 13.2 Å². The second kappa shape index (κ2) is 14.5. The molecule has 0 atom stereocenters. The van der Waals surface area contributed by atoms with Gasteiger partial charge in [0.2, 0.25) is 11.8 Å². The van der Waals surface area contributed by atoms with Crippen molar-refractivity contribution in [2.75, 3.05) is 39.1 Å². The molecule has 2 amide bonds. The number of imidazole rings is 1.